The van der Waals surface area contributed by atoms with Gasteiger partial charge in [0.05, 0.1) is 7.11 Å². The van der Waals surface area contributed by atoms with Crippen molar-refractivity contribution >= 4 is 0 Å². The molecule has 2 N–H and O–H groups in total. The second-order valence-electron chi connectivity index (χ2n) is 5.57. The molecule has 1 aromatic heterocycles. The van der Waals surface area contributed by atoms with E-state index in [1.807, 2.05) is 37.3 Å². The Kier molecular flexibility index (Phi) is 3.80. The summed E-state index contributed by atoms with van der Waals surface area (Å²) in [5.74, 6) is 0.853. The fourth-order valence-corrected chi connectivity index (χ4v) is 2.40. The maximum atomic E-state index is 12.1. The third kappa shape index (κ3) is 3.16. The molecule has 1 aliphatic rings. The number of H-pyrrole nitrogens is 1. The molecule has 0 unspecified atom stereocenters. The molecule has 0 aliphatic heterocycles. The van der Waals surface area contributed by atoms with E-state index in [4.69, 9.17) is 4.74 Å². The fourth-order valence-electron chi connectivity index (χ4n) is 2.40. The van der Waals surface area contributed by atoms with Crippen molar-refractivity contribution in [2.75, 3.05) is 7.11 Å². The van der Waals surface area contributed by atoms with Gasteiger partial charge in [0.1, 0.15) is 5.75 Å². The number of aromatic nitrogens is 1. The lowest BCUT2D eigenvalue weighted by Gasteiger charge is -2.08. The van der Waals surface area contributed by atoms with Gasteiger partial charge in [-0.1, -0.05) is 6.07 Å². The minimum atomic E-state index is -0.0193. The number of ether oxygens (including phenoxy) is 1. The summed E-state index contributed by atoms with van der Waals surface area (Å²) in [7, 11) is 1.66. The van der Waals surface area contributed by atoms with Gasteiger partial charge in [-0.15, -0.1) is 0 Å². The van der Waals surface area contributed by atoms with Gasteiger partial charge in [-0.2, -0.15) is 0 Å². The average Bonchev–Trinajstić information content (AvgIpc) is 3.30. The van der Waals surface area contributed by atoms with E-state index in [9.17, 15) is 4.79 Å². The van der Waals surface area contributed by atoms with E-state index < -0.39 is 0 Å². The minimum absolute atomic E-state index is 0.0193. The molecule has 0 amide bonds. The first kappa shape index (κ1) is 13.9. The van der Waals surface area contributed by atoms with Crippen LogP contribution in [-0.4, -0.2) is 18.1 Å². The molecule has 1 aromatic carbocycles. The Morgan fingerprint density at radius 1 is 1.29 bits per heavy atom. The van der Waals surface area contributed by atoms with Crippen LogP contribution in [-0.2, 0) is 6.54 Å². The second kappa shape index (κ2) is 5.74. The Hall–Kier alpha value is -2.07. The first-order chi connectivity index (χ1) is 10.2. The highest BCUT2D eigenvalue weighted by molar-refractivity contribution is 5.62. The van der Waals surface area contributed by atoms with E-state index >= 15 is 0 Å². The van der Waals surface area contributed by atoms with Crippen LogP contribution < -0.4 is 15.6 Å². The molecule has 1 saturated carbocycles. The third-order valence-electron chi connectivity index (χ3n) is 3.86. The van der Waals surface area contributed by atoms with E-state index in [2.05, 4.69) is 10.3 Å². The summed E-state index contributed by atoms with van der Waals surface area (Å²) < 4.78 is 5.26. The first-order valence-corrected chi connectivity index (χ1v) is 7.28. The van der Waals surface area contributed by atoms with Crippen LogP contribution in [0.5, 0.6) is 5.75 Å². The number of aromatic amines is 1. The van der Waals surface area contributed by atoms with E-state index in [-0.39, 0.29) is 5.56 Å². The lowest BCUT2D eigenvalue weighted by Crippen LogP contribution is -2.22. The van der Waals surface area contributed by atoms with Gasteiger partial charge in [0.2, 0.25) is 0 Å². The standard InChI is InChI=1S/C17H20N2O2/c1-11-9-12(4-8-16(11)21-2)15-7-3-13(17(20)19-15)10-18-14-5-6-14/h3-4,7-9,14,18H,5-6,10H2,1-2H3,(H,19,20). The average molecular weight is 284 g/mol. The van der Waals surface area contributed by atoms with Gasteiger partial charge in [-0.25, -0.2) is 0 Å². The number of hydrogen-bond donors (Lipinski definition) is 2. The quantitative estimate of drug-likeness (QED) is 0.887. The topological polar surface area (TPSA) is 54.1 Å². The molecule has 21 heavy (non-hydrogen) atoms. The zero-order chi connectivity index (χ0) is 14.8. The van der Waals surface area contributed by atoms with E-state index in [0.717, 1.165) is 28.1 Å². The summed E-state index contributed by atoms with van der Waals surface area (Å²) in [6.07, 6.45) is 2.45. The van der Waals surface area contributed by atoms with Crippen molar-refractivity contribution in [3.63, 3.8) is 0 Å². The van der Waals surface area contributed by atoms with Crippen molar-refractivity contribution in [3.05, 3.63) is 51.8 Å². The van der Waals surface area contributed by atoms with E-state index in [1.54, 1.807) is 7.11 Å². The molecule has 1 heterocycles. The van der Waals surface area contributed by atoms with Crippen molar-refractivity contribution in [1.29, 1.82) is 0 Å². The molecule has 4 heteroatoms. The van der Waals surface area contributed by atoms with Crippen molar-refractivity contribution in [3.8, 4) is 17.0 Å². The number of pyridine rings is 1. The van der Waals surface area contributed by atoms with Crippen LogP contribution in [0.25, 0.3) is 11.3 Å². The summed E-state index contributed by atoms with van der Waals surface area (Å²) in [6, 6.07) is 10.4. The number of nitrogens with one attached hydrogen (secondary N) is 2. The Labute approximate surface area is 124 Å². The van der Waals surface area contributed by atoms with Crippen LogP contribution in [0.4, 0.5) is 0 Å². The highest BCUT2D eigenvalue weighted by Crippen LogP contribution is 2.24. The predicted molar refractivity (Wildman–Crippen MR) is 83.6 cm³/mol. The summed E-state index contributed by atoms with van der Waals surface area (Å²) in [4.78, 5) is 15.1. The molecule has 1 aliphatic carbocycles. The molecule has 1 fully saturated rings. The van der Waals surface area contributed by atoms with Gasteiger partial charge in [-0.3, -0.25) is 4.79 Å². The van der Waals surface area contributed by atoms with Crippen LogP contribution in [0.1, 0.15) is 24.0 Å². The molecule has 3 rings (SSSR count). The van der Waals surface area contributed by atoms with Gasteiger partial charge >= 0.3 is 0 Å². The van der Waals surface area contributed by atoms with Crippen LogP contribution in [0, 0.1) is 6.92 Å². The van der Waals surface area contributed by atoms with E-state index in [0.29, 0.717) is 12.6 Å². The Bertz CT molecular complexity index is 702. The monoisotopic (exact) mass is 284 g/mol. The van der Waals surface area contributed by atoms with Gasteiger partial charge in [0, 0.05) is 23.8 Å². The third-order valence-corrected chi connectivity index (χ3v) is 3.86. The van der Waals surface area contributed by atoms with Crippen molar-refractivity contribution < 1.29 is 4.74 Å². The number of aryl methyl sites for hydroxylation is 1. The minimum Gasteiger partial charge on any atom is -0.496 e. The molecule has 0 atom stereocenters. The Morgan fingerprint density at radius 3 is 2.71 bits per heavy atom. The smallest absolute Gasteiger partial charge is 0.252 e. The van der Waals surface area contributed by atoms with Gasteiger partial charge < -0.3 is 15.0 Å². The maximum Gasteiger partial charge on any atom is 0.252 e. The van der Waals surface area contributed by atoms with Gasteiger partial charge in [-0.05, 0) is 55.2 Å². The maximum absolute atomic E-state index is 12.1. The molecule has 4 nitrogen and oxygen atoms in total. The van der Waals surface area contributed by atoms with E-state index in [1.165, 1.54) is 12.8 Å². The van der Waals surface area contributed by atoms with Crippen LogP contribution in [0.3, 0.4) is 0 Å². The molecule has 0 radical (unpaired) electrons. The molecule has 2 aromatic rings. The van der Waals surface area contributed by atoms with Crippen LogP contribution >= 0.6 is 0 Å². The number of methoxy groups -OCH3 is 1. The SMILES string of the molecule is COc1ccc(-c2ccc(CNC3CC3)c(=O)[nH]2)cc1C. The lowest BCUT2D eigenvalue weighted by molar-refractivity contribution is 0.412. The molecule has 0 bridgehead atoms. The Balaban J connectivity index is 1.83. The molecular weight excluding hydrogens is 264 g/mol. The predicted octanol–water partition coefficient (Wildman–Crippen LogP) is 2.61. The lowest BCUT2D eigenvalue weighted by atomic mass is 10.1. The van der Waals surface area contributed by atoms with Gasteiger partial charge in [0.15, 0.2) is 0 Å². The highest BCUT2D eigenvalue weighted by Gasteiger charge is 2.20. The van der Waals surface area contributed by atoms with Crippen LogP contribution in [0.2, 0.25) is 0 Å². The number of rotatable bonds is 5. The number of benzene rings is 1. The summed E-state index contributed by atoms with van der Waals surface area (Å²) in [5.41, 5.74) is 3.65. The van der Waals surface area contributed by atoms with Crippen LogP contribution in [0.15, 0.2) is 35.1 Å². The summed E-state index contributed by atoms with van der Waals surface area (Å²) in [6.45, 7) is 2.64. The fraction of sp³-hybridized carbons (Fsp3) is 0.353. The molecule has 0 saturated heterocycles. The van der Waals surface area contributed by atoms with Crippen molar-refractivity contribution in [2.24, 2.45) is 0 Å². The molecule has 0 spiro atoms. The van der Waals surface area contributed by atoms with Crippen molar-refractivity contribution in [2.45, 2.75) is 32.4 Å². The molecule has 110 valence electrons. The number of hydrogen-bond acceptors (Lipinski definition) is 3. The van der Waals surface area contributed by atoms with Crippen molar-refractivity contribution in [1.82, 2.24) is 10.3 Å². The normalized spacial score (nSPS) is 14.2. The largest absolute Gasteiger partial charge is 0.496 e. The summed E-state index contributed by atoms with van der Waals surface area (Å²) >= 11 is 0. The first-order valence-electron chi connectivity index (χ1n) is 7.28. The highest BCUT2D eigenvalue weighted by atomic mass is 16.5. The molecular formula is C17H20N2O2. The second-order valence-corrected chi connectivity index (χ2v) is 5.57. The zero-order valence-electron chi connectivity index (χ0n) is 12.4. The van der Waals surface area contributed by atoms with Gasteiger partial charge in [0.25, 0.3) is 5.56 Å². The summed E-state index contributed by atoms with van der Waals surface area (Å²) in [5, 5.41) is 3.36. The zero-order valence-corrected chi connectivity index (χ0v) is 12.4. The Morgan fingerprint density at radius 2 is 2.10 bits per heavy atom.